The molecule has 70 valence electrons. The Morgan fingerprint density at radius 3 is 2.92 bits per heavy atom. The molecular formula is C9H17NO2. The second kappa shape index (κ2) is 4.45. The second-order valence-electron chi connectivity index (χ2n) is 3.46. The summed E-state index contributed by atoms with van der Waals surface area (Å²) in [5, 5.41) is 12.1. The van der Waals surface area contributed by atoms with Crippen molar-refractivity contribution < 1.29 is 9.90 Å². The third kappa shape index (κ3) is 2.21. The highest BCUT2D eigenvalue weighted by atomic mass is 16.4. The van der Waals surface area contributed by atoms with Crippen molar-refractivity contribution in [3.05, 3.63) is 0 Å². The van der Waals surface area contributed by atoms with Crippen LogP contribution in [0.3, 0.4) is 0 Å². The molecule has 1 heterocycles. The summed E-state index contributed by atoms with van der Waals surface area (Å²) in [6, 6.07) is 0. The highest BCUT2D eigenvalue weighted by Crippen LogP contribution is 2.22. The zero-order chi connectivity index (χ0) is 8.97. The standard InChI is InChI=1S/C9H17NO2/c1-2-8(9(11)12)7-4-3-5-10-6-7/h7-8,10H,2-6H2,1H3,(H,11,12)/t7?,8-/m0/s1. The summed E-state index contributed by atoms with van der Waals surface area (Å²) in [5.74, 6) is -0.426. The van der Waals surface area contributed by atoms with E-state index in [1.54, 1.807) is 0 Å². The van der Waals surface area contributed by atoms with Crippen molar-refractivity contribution in [1.82, 2.24) is 5.32 Å². The van der Waals surface area contributed by atoms with Gasteiger partial charge in [-0.25, -0.2) is 0 Å². The van der Waals surface area contributed by atoms with Crippen molar-refractivity contribution in [2.24, 2.45) is 11.8 Å². The number of nitrogens with one attached hydrogen (secondary N) is 1. The lowest BCUT2D eigenvalue weighted by molar-refractivity contribution is -0.144. The molecule has 3 nitrogen and oxygen atoms in total. The maximum Gasteiger partial charge on any atom is 0.306 e. The van der Waals surface area contributed by atoms with Gasteiger partial charge in [0.1, 0.15) is 0 Å². The minimum Gasteiger partial charge on any atom is -0.481 e. The fraction of sp³-hybridized carbons (Fsp3) is 0.889. The number of carbonyl (C=O) groups is 1. The molecular weight excluding hydrogens is 154 g/mol. The van der Waals surface area contributed by atoms with Crippen molar-refractivity contribution in [1.29, 1.82) is 0 Å². The van der Waals surface area contributed by atoms with Crippen LogP contribution in [0.5, 0.6) is 0 Å². The third-order valence-corrected chi connectivity index (χ3v) is 2.66. The predicted octanol–water partition coefficient (Wildman–Crippen LogP) is 1.10. The molecule has 0 spiro atoms. The first-order chi connectivity index (χ1) is 5.75. The van der Waals surface area contributed by atoms with Crippen molar-refractivity contribution >= 4 is 5.97 Å². The Labute approximate surface area is 73.2 Å². The molecule has 1 aliphatic heterocycles. The van der Waals surface area contributed by atoms with Gasteiger partial charge in [0, 0.05) is 0 Å². The van der Waals surface area contributed by atoms with Crippen LogP contribution in [-0.2, 0) is 4.79 Å². The minimum atomic E-state index is -0.633. The van der Waals surface area contributed by atoms with Crippen molar-refractivity contribution in [2.45, 2.75) is 26.2 Å². The summed E-state index contributed by atoms with van der Waals surface area (Å²) in [7, 11) is 0. The van der Waals surface area contributed by atoms with Crippen LogP contribution in [0.4, 0.5) is 0 Å². The van der Waals surface area contributed by atoms with Gasteiger partial charge < -0.3 is 10.4 Å². The molecule has 1 aliphatic rings. The first-order valence-electron chi connectivity index (χ1n) is 4.69. The number of aliphatic carboxylic acids is 1. The van der Waals surface area contributed by atoms with E-state index in [9.17, 15) is 4.79 Å². The molecule has 0 amide bonds. The lowest BCUT2D eigenvalue weighted by Crippen LogP contribution is -2.36. The summed E-state index contributed by atoms with van der Waals surface area (Å²) in [6.07, 6.45) is 2.94. The van der Waals surface area contributed by atoms with E-state index in [1.165, 1.54) is 0 Å². The molecule has 3 heteroatoms. The van der Waals surface area contributed by atoms with E-state index in [0.29, 0.717) is 5.92 Å². The van der Waals surface area contributed by atoms with E-state index in [4.69, 9.17) is 5.11 Å². The van der Waals surface area contributed by atoms with Crippen LogP contribution in [0, 0.1) is 11.8 Å². The SMILES string of the molecule is CC[C@H](C(=O)O)C1CCCNC1. The van der Waals surface area contributed by atoms with E-state index < -0.39 is 5.97 Å². The predicted molar refractivity (Wildman–Crippen MR) is 47.0 cm³/mol. The van der Waals surface area contributed by atoms with Gasteiger partial charge in [-0.1, -0.05) is 6.92 Å². The molecule has 0 radical (unpaired) electrons. The van der Waals surface area contributed by atoms with Crippen LogP contribution < -0.4 is 5.32 Å². The highest BCUT2D eigenvalue weighted by molar-refractivity contribution is 5.70. The first-order valence-corrected chi connectivity index (χ1v) is 4.69. The molecule has 1 rings (SSSR count). The summed E-state index contributed by atoms with van der Waals surface area (Å²) in [5.41, 5.74) is 0. The Hall–Kier alpha value is -0.570. The second-order valence-corrected chi connectivity index (χ2v) is 3.46. The molecule has 0 aromatic carbocycles. The number of rotatable bonds is 3. The van der Waals surface area contributed by atoms with Gasteiger partial charge in [0.25, 0.3) is 0 Å². The van der Waals surface area contributed by atoms with E-state index >= 15 is 0 Å². The van der Waals surface area contributed by atoms with Crippen molar-refractivity contribution in [3.63, 3.8) is 0 Å². The minimum absolute atomic E-state index is 0.141. The Balaban J connectivity index is 2.46. The third-order valence-electron chi connectivity index (χ3n) is 2.66. The zero-order valence-electron chi connectivity index (χ0n) is 7.55. The average molecular weight is 171 g/mol. The monoisotopic (exact) mass is 171 g/mol. The van der Waals surface area contributed by atoms with Crippen LogP contribution in [0.1, 0.15) is 26.2 Å². The molecule has 12 heavy (non-hydrogen) atoms. The molecule has 0 aromatic rings. The van der Waals surface area contributed by atoms with E-state index in [1.807, 2.05) is 6.92 Å². The van der Waals surface area contributed by atoms with E-state index in [-0.39, 0.29) is 5.92 Å². The Morgan fingerprint density at radius 1 is 1.75 bits per heavy atom. The van der Waals surface area contributed by atoms with Gasteiger partial charge in [-0.05, 0) is 38.3 Å². The van der Waals surface area contributed by atoms with Crippen molar-refractivity contribution in [2.75, 3.05) is 13.1 Å². The molecule has 1 saturated heterocycles. The molecule has 2 N–H and O–H groups in total. The van der Waals surface area contributed by atoms with Crippen LogP contribution in [0.15, 0.2) is 0 Å². The Morgan fingerprint density at radius 2 is 2.50 bits per heavy atom. The number of carboxylic acid groups (broad SMARTS) is 1. The molecule has 0 aromatic heterocycles. The van der Waals surface area contributed by atoms with Gasteiger partial charge in [0.05, 0.1) is 5.92 Å². The quantitative estimate of drug-likeness (QED) is 0.668. The van der Waals surface area contributed by atoms with Gasteiger partial charge >= 0.3 is 5.97 Å². The van der Waals surface area contributed by atoms with Crippen LogP contribution in [0.25, 0.3) is 0 Å². The average Bonchev–Trinajstić information content (AvgIpc) is 2.07. The van der Waals surface area contributed by atoms with Crippen LogP contribution in [0.2, 0.25) is 0 Å². The number of hydrogen-bond donors (Lipinski definition) is 2. The number of hydrogen-bond acceptors (Lipinski definition) is 2. The Bertz CT molecular complexity index is 153. The summed E-state index contributed by atoms with van der Waals surface area (Å²) >= 11 is 0. The Kier molecular flexibility index (Phi) is 3.53. The molecule has 1 unspecified atom stereocenters. The summed E-state index contributed by atoms with van der Waals surface area (Å²) in [4.78, 5) is 10.8. The molecule has 2 atom stereocenters. The topological polar surface area (TPSA) is 49.3 Å². The fourth-order valence-electron chi connectivity index (χ4n) is 1.93. The molecule has 0 aliphatic carbocycles. The number of carboxylic acids is 1. The molecule has 0 bridgehead atoms. The lowest BCUT2D eigenvalue weighted by atomic mass is 9.85. The molecule has 0 saturated carbocycles. The van der Waals surface area contributed by atoms with Crippen LogP contribution >= 0.6 is 0 Å². The van der Waals surface area contributed by atoms with Gasteiger partial charge in [-0.3, -0.25) is 4.79 Å². The van der Waals surface area contributed by atoms with Crippen LogP contribution in [-0.4, -0.2) is 24.2 Å². The van der Waals surface area contributed by atoms with E-state index in [2.05, 4.69) is 5.32 Å². The van der Waals surface area contributed by atoms with Gasteiger partial charge in [0.15, 0.2) is 0 Å². The zero-order valence-corrected chi connectivity index (χ0v) is 7.55. The number of piperidine rings is 1. The largest absolute Gasteiger partial charge is 0.481 e. The first kappa shape index (κ1) is 9.52. The molecule has 1 fully saturated rings. The summed E-state index contributed by atoms with van der Waals surface area (Å²) in [6.45, 7) is 3.88. The highest BCUT2D eigenvalue weighted by Gasteiger charge is 2.27. The maximum atomic E-state index is 10.8. The fourth-order valence-corrected chi connectivity index (χ4v) is 1.93. The smallest absolute Gasteiger partial charge is 0.306 e. The van der Waals surface area contributed by atoms with Gasteiger partial charge in [0.2, 0.25) is 0 Å². The van der Waals surface area contributed by atoms with Gasteiger partial charge in [-0.15, -0.1) is 0 Å². The van der Waals surface area contributed by atoms with Gasteiger partial charge in [-0.2, -0.15) is 0 Å². The van der Waals surface area contributed by atoms with E-state index in [0.717, 1.165) is 32.4 Å². The van der Waals surface area contributed by atoms with Crippen molar-refractivity contribution in [3.8, 4) is 0 Å². The summed E-state index contributed by atoms with van der Waals surface area (Å²) < 4.78 is 0. The normalized spacial score (nSPS) is 26.6. The maximum absolute atomic E-state index is 10.8. The lowest BCUT2D eigenvalue weighted by Gasteiger charge is -2.27.